The third kappa shape index (κ3) is 3.01. The Bertz CT molecular complexity index is 691. The highest BCUT2D eigenvalue weighted by Crippen LogP contribution is 2.15. The highest BCUT2D eigenvalue weighted by atomic mass is 32.2. The van der Waals surface area contributed by atoms with E-state index in [-0.39, 0.29) is 11.6 Å². The largest absolute Gasteiger partial charge is 0.350 e. The predicted octanol–water partition coefficient (Wildman–Crippen LogP) is 0.719. The van der Waals surface area contributed by atoms with Crippen molar-refractivity contribution >= 4 is 27.9 Å². The molecule has 0 unspecified atom stereocenters. The monoisotopic (exact) mass is 293 g/mol. The van der Waals surface area contributed by atoms with E-state index in [2.05, 4.69) is 14.7 Å². The van der Waals surface area contributed by atoms with Crippen molar-refractivity contribution in [3.8, 4) is 0 Å². The molecule has 0 aliphatic heterocycles. The molecule has 0 atom stereocenters. The lowest BCUT2D eigenvalue weighted by molar-refractivity contribution is 0.256. The maximum absolute atomic E-state index is 12.2. The number of amides is 2. The average Bonchev–Trinajstić information content (AvgIpc) is 2.39. The van der Waals surface area contributed by atoms with Gasteiger partial charge in [-0.3, -0.25) is 4.72 Å². The van der Waals surface area contributed by atoms with Gasteiger partial charge >= 0.3 is 16.2 Å². The highest BCUT2D eigenvalue weighted by Gasteiger charge is 2.29. The summed E-state index contributed by atoms with van der Waals surface area (Å²) in [6, 6.07) is 8.35. The fraction of sp³-hybridized carbons (Fsp3) is 0. The van der Waals surface area contributed by atoms with Gasteiger partial charge in [-0.15, -0.1) is 4.31 Å². The molecule has 2 aromatic rings. The molecule has 0 aliphatic carbocycles. The number of nitrogens with zero attached hydrogens (tertiary/aromatic N) is 3. The van der Waals surface area contributed by atoms with Crippen LogP contribution in [0.5, 0.6) is 0 Å². The fourth-order valence-corrected chi connectivity index (χ4v) is 2.49. The first-order chi connectivity index (χ1) is 9.50. The van der Waals surface area contributed by atoms with Crippen molar-refractivity contribution in [2.24, 2.45) is 5.73 Å². The van der Waals surface area contributed by atoms with Gasteiger partial charge in [-0.25, -0.2) is 14.8 Å². The Kier molecular flexibility index (Phi) is 3.80. The maximum Gasteiger partial charge on any atom is 0.337 e. The topological polar surface area (TPSA) is 118 Å². The van der Waals surface area contributed by atoms with Gasteiger partial charge in [0.2, 0.25) is 5.95 Å². The Morgan fingerprint density at radius 3 is 2.25 bits per heavy atom. The number of nitrogens with one attached hydrogen (secondary N) is 1. The van der Waals surface area contributed by atoms with Crippen molar-refractivity contribution < 1.29 is 13.2 Å². The molecule has 1 aromatic heterocycles. The first-order valence-electron chi connectivity index (χ1n) is 5.45. The number of urea groups is 1. The van der Waals surface area contributed by atoms with E-state index in [1.54, 1.807) is 18.2 Å². The minimum atomic E-state index is -4.24. The van der Waals surface area contributed by atoms with Crippen molar-refractivity contribution in [1.82, 2.24) is 9.97 Å². The van der Waals surface area contributed by atoms with Crippen LogP contribution in [0, 0.1) is 0 Å². The van der Waals surface area contributed by atoms with Gasteiger partial charge in [-0.05, 0) is 18.2 Å². The van der Waals surface area contributed by atoms with Crippen molar-refractivity contribution in [2.45, 2.75) is 0 Å². The van der Waals surface area contributed by atoms with E-state index >= 15 is 0 Å². The van der Waals surface area contributed by atoms with E-state index in [9.17, 15) is 13.2 Å². The van der Waals surface area contributed by atoms with E-state index in [0.717, 1.165) is 0 Å². The Morgan fingerprint density at radius 2 is 1.70 bits per heavy atom. The van der Waals surface area contributed by atoms with Gasteiger partial charge in [0, 0.05) is 12.4 Å². The molecule has 0 radical (unpaired) electrons. The zero-order valence-electron chi connectivity index (χ0n) is 10.2. The minimum absolute atomic E-state index is 0.287. The molecule has 0 aliphatic rings. The lowest BCUT2D eigenvalue weighted by Crippen LogP contribution is -2.44. The molecule has 0 spiro atoms. The number of hydrogen-bond acceptors (Lipinski definition) is 5. The molecule has 1 aromatic carbocycles. The van der Waals surface area contributed by atoms with Crippen LogP contribution in [0.1, 0.15) is 0 Å². The van der Waals surface area contributed by atoms with Crippen LogP contribution in [0.3, 0.4) is 0 Å². The predicted molar refractivity (Wildman–Crippen MR) is 73.1 cm³/mol. The molecule has 0 saturated carbocycles. The molecule has 0 fully saturated rings. The van der Waals surface area contributed by atoms with Crippen molar-refractivity contribution in [2.75, 3.05) is 9.03 Å². The molecule has 0 saturated heterocycles. The maximum atomic E-state index is 12.2. The highest BCUT2D eigenvalue weighted by molar-refractivity contribution is 7.94. The number of carbonyl (C=O) groups excluding carboxylic acids is 1. The summed E-state index contributed by atoms with van der Waals surface area (Å²) in [5, 5.41) is 0. The van der Waals surface area contributed by atoms with Gasteiger partial charge < -0.3 is 5.73 Å². The number of rotatable bonds is 4. The lowest BCUT2D eigenvalue weighted by atomic mass is 10.3. The zero-order chi connectivity index (χ0) is 14.6. The summed E-state index contributed by atoms with van der Waals surface area (Å²) >= 11 is 0. The molecule has 9 heteroatoms. The van der Waals surface area contributed by atoms with Crippen LogP contribution in [-0.4, -0.2) is 24.4 Å². The second-order valence-corrected chi connectivity index (χ2v) is 5.14. The quantitative estimate of drug-likeness (QED) is 0.861. The molecular weight excluding hydrogens is 282 g/mol. The number of carbonyl (C=O) groups is 1. The Hall–Kier alpha value is -2.68. The number of primary amides is 1. The third-order valence-corrected chi connectivity index (χ3v) is 3.51. The van der Waals surface area contributed by atoms with Gasteiger partial charge in [0.05, 0.1) is 5.69 Å². The van der Waals surface area contributed by atoms with Crippen molar-refractivity contribution in [3.63, 3.8) is 0 Å². The SMILES string of the molecule is NC(=O)N(c1ncccn1)S(=O)(=O)Nc1ccccc1. The van der Waals surface area contributed by atoms with Gasteiger partial charge in [0.15, 0.2) is 0 Å². The standard InChI is InChI=1S/C11H11N5O3S/c12-10(17)16(11-13-7-4-8-14-11)20(18,19)15-9-5-2-1-3-6-9/h1-8,15H,(H2,12,17). The lowest BCUT2D eigenvalue weighted by Gasteiger charge is -2.18. The van der Waals surface area contributed by atoms with Crippen molar-refractivity contribution in [1.29, 1.82) is 0 Å². The van der Waals surface area contributed by atoms with Crippen LogP contribution in [0.25, 0.3) is 0 Å². The van der Waals surface area contributed by atoms with Gasteiger partial charge in [-0.2, -0.15) is 8.42 Å². The number of anilines is 2. The number of benzene rings is 1. The fourth-order valence-electron chi connectivity index (χ4n) is 1.42. The molecule has 104 valence electrons. The molecule has 2 amide bonds. The summed E-state index contributed by atoms with van der Waals surface area (Å²) in [6.07, 6.45) is 2.60. The molecule has 1 heterocycles. The summed E-state index contributed by atoms with van der Waals surface area (Å²) in [7, 11) is -4.24. The van der Waals surface area contributed by atoms with Crippen molar-refractivity contribution in [3.05, 3.63) is 48.8 Å². The first-order valence-corrected chi connectivity index (χ1v) is 6.89. The first kappa shape index (κ1) is 13.7. The van der Waals surface area contributed by atoms with Gasteiger partial charge in [0.1, 0.15) is 0 Å². The smallest absolute Gasteiger partial charge is 0.337 e. The third-order valence-electron chi connectivity index (χ3n) is 2.19. The van der Waals surface area contributed by atoms with Crippen LogP contribution in [0.2, 0.25) is 0 Å². The van der Waals surface area contributed by atoms with Crippen LogP contribution in [-0.2, 0) is 10.2 Å². The number of nitrogens with two attached hydrogens (primary N) is 1. The molecule has 3 N–H and O–H groups in total. The molecule has 2 rings (SSSR count). The summed E-state index contributed by atoms with van der Waals surface area (Å²) in [6.45, 7) is 0. The van der Waals surface area contributed by atoms with E-state index in [4.69, 9.17) is 5.73 Å². The number of para-hydroxylation sites is 1. The summed E-state index contributed by atoms with van der Waals surface area (Å²) < 4.78 is 26.9. The summed E-state index contributed by atoms with van der Waals surface area (Å²) in [5.74, 6) is -0.330. The normalized spacial score (nSPS) is 10.8. The van der Waals surface area contributed by atoms with E-state index in [1.165, 1.54) is 30.6 Å². The second-order valence-electron chi connectivity index (χ2n) is 3.62. The molecule has 0 bridgehead atoms. The van der Waals surface area contributed by atoms with Crippen LogP contribution in [0.15, 0.2) is 48.8 Å². The summed E-state index contributed by atoms with van der Waals surface area (Å²) in [4.78, 5) is 18.8. The number of hydrogen-bond donors (Lipinski definition) is 2. The Labute approximate surface area is 115 Å². The second kappa shape index (κ2) is 5.53. The zero-order valence-corrected chi connectivity index (χ0v) is 11.0. The van der Waals surface area contributed by atoms with E-state index in [0.29, 0.717) is 4.31 Å². The molecule has 20 heavy (non-hydrogen) atoms. The average molecular weight is 293 g/mol. The Balaban J connectivity index is 2.37. The Morgan fingerprint density at radius 1 is 1.10 bits per heavy atom. The van der Waals surface area contributed by atoms with E-state index < -0.39 is 16.2 Å². The van der Waals surface area contributed by atoms with E-state index in [1.807, 2.05) is 0 Å². The number of aromatic nitrogens is 2. The van der Waals surface area contributed by atoms with Crippen LogP contribution < -0.4 is 14.8 Å². The van der Waals surface area contributed by atoms with Crippen LogP contribution in [0.4, 0.5) is 16.4 Å². The van der Waals surface area contributed by atoms with Gasteiger partial charge in [-0.1, -0.05) is 18.2 Å². The molecule has 8 nitrogen and oxygen atoms in total. The van der Waals surface area contributed by atoms with Crippen LogP contribution >= 0.6 is 0 Å². The summed E-state index contributed by atoms with van der Waals surface area (Å²) in [5.41, 5.74) is 5.38. The minimum Gasteiger partial charge on any atom is -0.350 e. The van der Waals surface area contributed by atoms with Gasteiger partial charge in [0.25, 0.3) is 0 Å². The molecular formula is C11H11N5O3S.